The summed E-state index contributed by atoms with van der Waals surface area (Å²) in [5.41, 5.74) is 11.4. The molecule has 0 aliphatic rings. The van der Waals surface area contributed by atoms with E-state index in [1.54, 1.807) is 19.2 Å². The van der Waals surface area contributed by atoms with Crippen LogP contribution in [0.1, 0.15) is 34.3 Å². The van der Waals surface area contributed by atoms with Crippen molar-refractivity contribution in [2.75, 3.05) is 7.11 Å². The second-order valence-corrected chi connectivity index (χ2v) is 11.1. The third-order valence-electron chi connectivity index (χ3n) is 7.89. The molecule has 0 spiro atoms. The molecule has 8 heteroatoms. The van der Waals surface area contributed by atoms with E-state index >= 15 is 0 Å². The first kappa shape index (κ1) is 32.5. The smallest absolute Gasteiger partial charge is 0.326 e. The summed E-state index contributed by atoms with van der Waals surface area (Å²) in [6.45, 7) is 0.461. The maximum atomic E-state index is 13.7. The Kier molecular flexibility index (Phi) is 10.7. The standard InChI is InChI=1S/C39H36N2O6/c1-46-34-12-7-11-31(24-34)35-13-6-5-10-32(35)26-47-33-20-18-29(19-21-33)28-14-16-30(17-15-28)38(43)41(25-27-8-3-2-4-9-27)36(39(44)45)22-23-37(40)42/h2-21,24,36H,22-23,25-26H2,1H3,(H2,40,42)(H,44,45)/t36-/m0/s1. The Morgan fingerprint density at radius 3 is 2.06 bits per heavy atom. The Hall–Kier alpha value is -5.89. The molecule has 5 rings (SSSR count). The van der Waals surface area contributed by atoms with Crippen molar-refractivity contribution >= 4 is 17.8 Å². The normalized spacial score (nSPS) is 11.3. The largest absolute Gasteiger partial charge is 0.497 e. The number of primary amides is 1. The number of carboxylic acids is 1. The van der Waals surface area contributed by atoms with E-state index < -0.39 is 23.8 Å². The van der Waals surface area contributed by atoms with Crippen molar-refractivity contribution in [3.8, 4) is 33.8 Å². The fourth-order valence-electron chi connectivity index (χ4n) is 5.39. The van der Waals surface area contributed by atoms with Crippen LogP contribution in [0.15, 0.2) is 127 Å². The predicted molar refractivity (Wildman–Crippen MR) is 181 cm³/mol. The van der Waals surface area contributed by atoms with Gasteiger partial charge >= 0.3 is 5.97 Å². The number of hydrogen-bond acceptors (Lipinski definition) is 5. The number of hydrogen-bond donors (Lipinski definition) is 2. The molecule has 47 heavy (non-hydrogen) atoms. The van der Waals surface area contributed by atoms with Crippen LogP contribution in [0.2, 0.25) is 0 Å². The molecule has 2 amide bonds. The summed E-state index contributed by atoms with van der Waals surface area (Å²) in [7, 11) is 1.65. The van der Waals surface area contributed by atoms with Gasteiger partial charge in [0.15, 0.2) is 0 Å². The van der Waals surface area contributed by atoms with Crippen LogP contribution in [0.3, 0.4) is 0 Å². The second-order valence-electron chi connectivity index (χ2n) is 11.1. The first-order valence-electron chi connectivity index (χ1n) is 15.2. The number of amides is 2. The fourth-order valence-corrected chi connectivity index (χ4v) is 5.39. The molecule has 238 valence electrons. The Morgan fingerprint density at radius 1 is 0.745 bits per heavy atom. The molecule has 5 aromatic carbocycles. The molecule has 1 atom stereocenters. The van der Waals surface area contributed by atoms with Gasteiger partial charge in [0.1, 0.15) is 24.1 Å². The summed E-state index contributed by atoms with van der Waals surface area (Å²) in [5.74, 6) is -0.760. The van der Waals surface area contributed by atoms with Gasteiger partial charge < -0.3 is 25.2 Å². The van der Waals surface area contributed by atoms with Crippen molar-refractivity contribution in [1.82, 2.24) is 4.90 Å². The minimum absolute atomic E-state index is 0.0721. The molecular weight excluding hydrogens is 592 g/mol. The summed E-state index contributed by atoms with van der Waals surface area (Å²) in [4.78, 5) is 38.6. The molecule has 0 fully saturated rings. The van der Waals surface area contributed by atoms with Crippen molar-refractivity contribution in [2.45, 2.75) is 32.0 Å². The summed E-state index contributed by atoms with van der Waals surface area (Å²) < 4.78 is 11.5. The number of methoxy groups -OCH3 is 1. The van der Waals surface area contributed by atoms with E-state index in [0.717, 1.165) is 39.1 Å². The molecule has 0 heterocycles. The molecule has 0 aromatic heterocycles. The molecular formula is C39H36N2O6. The van der Waals surface area contributed by atoms with E-state index in [1.165, 1.54) is 4.90 Å². The lowest BCUT2D eigenvalue weighted by atomic mass is 10.00. The highest BCUT2D eigenvalue weighted by Crippen LogP contribution is 2.29. The number of ether oxygens (including phenoxy) is 2. The van der Waals surface area contributed by atoms with E-state index in [2.05, 4.69) is 6.07 Å². The van der Waals surface area contributed by atoms with Gasteiger partial charge in [0.25, 0.3) is 5.91 Å². The van der Waals surface area contributed by atoms with Crippen molar-refractivity contribution in [2.24, 2.45) is 5.73 Å². The van der Waals surface area contributed by atoms with Crippen LogP contribution >= 0.6 is 0 Å². The summed E-state index contributed by atoms with van der Waals surface area (Å²) in [6, 6.07) is 38.7. The lowest BCUT2D eigenvalue weighted by Crippen LogP contribution is -2.45. The molecule has 0 unspecified atom stereocenters. The highest BCUT2D eigenvalue weighted by molar-refractivity contribution is 5.97. The molecule has 0 radical (unpaired) electrons. The summed E-state index contributed by atoms with van der Waals surface area (Å²) in [6.07, 6.45) is -0.231. The first-order valence-corrected chi connectivity index (χ1v) is 15.2. The van der Waals surface area contributed by atoms with Crippen molar-refractivity contribution in [3.63, 3.8) is 0 Å². The zero-order valence-corrected chi connectivity index (χ0v) is 26.0. The molecule has 0 aliphatic carbocycles. The molecule has 0 saturated carbocycles. The van der Waals surface area contributed by atoms with E-state index in [9.17, 15) is 19.5 Å². The summed E-state index contributed by atoms with van der Waals surface area (Å²) in [5, 5.41) is 9.97. The second kappa shape index (κ2) is 15.4. The number of nitrogens with two attached hydrogens (primary N) is 1. The van der Waals surface area contributed by atoms with Gasteiger partial charge in [-0.3, -0.25) is 9.59 Å². The molecule has 0 aliphatic heterocycles. The van der Waals surface area contributed by atoms with Crippen LogP contribution in [-0.4, -0.2) is 40.9 Å². The highest BCUT2D eigenvalue weighted by atomic mass is 16.5. The van der Waals surface area contributed by atoms with E-state index in [4.69, 9.17) is 15.2 Å². The van der Waals surface area contributed by atoms with Gasteiger partial charge in [-0.15, -0.1) is 0 Å². The van der Waals surface area contributed by atoms with Crippen LogP contribution in [0.25, 0.3) is 22.3 Å². The number of carbonyl (C=O) groups is 3. The Bertz CT molecular complexity index is 1820. The average Bonchev–Trinajstić information content (AvgIpc) is 3.10. The molecule has 3 N–H and O–H groups in total. The Morgan fingerprint density at radius 2 is 1.40 bits per heavy atom. The zero-order chi connectivity index (χ0) is 33.2. The third kappa shape index (κ3) is 8.43. The predicted octanol–water partition coefficient (Wildman–Crippen LogP) is 6.97. The molecule has 8 nitrogen and oxygen atoms in total. The number of nitrogens with zero attached hydrogens (tertiary/aromatic N) is 1. The monoisotopic (exact) mass is 628 g/mol. The van der Waals surface area contributed by atoms with Gasteiger partial charge in [0.2, 0.25) is 5.91 Å². The number of carbonyl (C=O) groups excluding carboxylic acids is 2. The average molecular weight is 629 g/mol. The third-order valence-corrected chi connectivity index (χ3v) is 7.89. The lowest BCUT2D eigenvalue weighted by Gasteiger charge is -2.29. The van der Waals surface area contributed by atoms with Crippen LogP contribution in [0, 0.1) is 0 Å². The van der Waals surface area contributed by atoms with Crippen LogP contribution in [0.5, 0.6) is 11.5 Å². The van der Waals surface area contributed by atoms with Crippen LogP contribution in [-0.2, 0) is 22.7 Å². The van der Waals surface area contributed by atoms with Gasteiger partial charge in [-0.2, -0.15) is 0 Å². The van der Waals surface area contributed by atoms with E-state index in [0.29, 0.717) is 17.9 Å². The molecule has 0 saturated heterocycles. The SMILES string of the molecule is COc1cccc(-c2ccccc2COc2ccc(-c3ccc(C(=O)N(Cc4ccccc4)[C@@H](CCC(N)=O)C(=O)O)cc3)cc2)c1. The quantitative estimate of drug-likeness (QED) is 0.137. The van der Waals surface area contributed by atoms with Crippen molar-refractivity contribution in [3.05, 3.63) is 144 Å². The van der Waals surface area contributed by atoms with Crippen LogP contribution in [0.4, 0.5) is 0 Å². The van der Waals surface area contributed by atoms with E-state index in [1.807, 2.05) is 109 Å². The first-order chi connectivity index (χ1) is 22.8. The van der Waals surface area contributed by atoms with Crippen molar-refractivity contribution < 1.29 is 29.0 Å². The minimum Gasteiger partial charge on any atom is -0.497 e. The zero-order valence-electron chi connectivity index (χ0n) is 26.0. The Labute approximate surface area is 274 Å². The number of aliphatic carboxylic acids is 1. The summed E-state index contributed by atoms with van der Waals surface area (Å²) >= 11 is 0. The van der Waals surface area contributed by atoms with Gasteiger partial charge in [-0.25, -0.2) is 4.79 Å². The van der Waals surface area contributed by atoms with Gasteiger partial charge in [-0.1, -0.05) is 91.0 Å². The Balaban J connectivity index is 1.29. The highest BCUT2D eigenvalue weighted by Gasteiger charge is 2.30. The topological polar surface area (TPSA) is 119 Å². The minimum atomic E-state index is -1.22. The number of rotatable bonds is 14. The fraction of sp³-hybridized carbons (Fsp3) is 0.154. The van der Waals surface area contributed by atoms with E-state index in [-0.39, 0.29) is 19.4 Å². The van der Waals surface area contributed by atoms with Crippen LogP contribution < -0.4 is 15.2 Å². The maximum absolute atomic E-state index is 13.7. The molecule has 5 aromatic rings. The van der Waals surface area contributed by atoms with Gasteiger partial charge in [0, 0.05) is 18.5 Å². The van der Waals surface area contributed by atoms with Gasteiger partial charge in [0.05, 0.1) is 7.11 Å². The van der Waals surface area contributed by atoms with Gasteiger partial charge in [-0.05, 0) is 76.2 Å². The lowest BCUT2D eigenvalue weighted by molar-refractivity contribution is -0.143. The maximum Gasteiger partial charge on any atom is 0.326 e. The van der Waals surface area contributed by atoms with Crippen molar-refractivity contribution in [1.29, 1.82) is 0 Å². The number of benzene rings is 5. The number of carboxylic acid groups (broad SMARTS) is 1. The molecule has 0 bridgehead atoms.